The van der Waals surface area contributed by atoms with Crippen LogP contribution in [0.1, 0.15) is 22.6 Å². The minimum absolute atomic E-state index is 0.00334. The van der Waals surface area contributed by atoms with E-state index in [2.05, 4.69) is 21.9 Å². The van der Waals surface area contributed by atoms with E-state index in [1.165, 1.54) is 6.07 Å². The number of aromatic nitrogens is 2. The molecule has 1 heterocycles. The van der Waals surface area contributed by atoms with Crippen LogP contribution in [-0.4, -0.2) is 27.6 Å². The predicted octanol–water partition coefficient (Wildman–Crippen LogP) is 1.47. The first-order valence-electron chi connectivity index (χ1n) is 4.57. The molecule has 15 heavy (non-hydrogen) atoms. The number of hydrogen-bond acceptors (Lipinski definition) is 4. The monoisotopic (exact) mass is 207 g/mol. The van der Waals surface area contributed by atoms with Gasteiger partial charge in [0.1, 0.15) is 0 Å². The van der Waals surface area contributed by atoms with Crippen molar-refractivity contribution in [1.29, 1.82) is 0 Å². The van der Waals surface area contributed by atoms with Gasteiger partial charge in [0.2, 0.25) is 5.95 Å². The average molecular weight is 207 g/mol. The number of carboxylic acids is 1. The van der Waals surface area contributed by atoms with Crippen LogP contribution < -0.4 is 5.32 Å². The number of nitrogens with zero attached hydrogens (tertiary/aromatic N) is 2. The molecule has 80 valence electrons. The molecule has 0 aliphatic heterocycles. The van der Waals surface area contributed by atoms with Gasteiger partial charge in [0.05, 0.1) is 0 Å². The third-order valence-corrected chi connectivity index (χ3v) is 1.70. The normalized spacial score (nSPS) is 9.67. The smallest absolute Gasteiger partial charge is 0.354 e. The summed E-state index contributed by atoms with van der Waals surface area (Å²) in [4.78, 5) is 18.6. The van der Waals surface area contributed by atoms with Crippen molar-refractivity contribution >= 4 is 11.9 Å². The standard InChI is InChI=1S/C10H13N3O2/c1-3-4-5-11-10-12-7(2)6-8(13-10)9(14)15/h3,6H,1,4-5H2,2H3,(H,14,15)(H,11,12,13). The Morgan fingerprint density at radius 3 is 3.00 bits per heavy atom. The minimum Gasteiger partial charge on any atom is -0.477 e. The van der Waals surface area contributed by atoms with E-state index in [0.717, 1.165) is 6.42 Å². The van der Waals surface area contributed by atoms with Gasteiger partial charge in [-0.2, -0.15) is 0 Å². The van der Waals surface area contributed by atoms with Gasteiger partial charge in [-0.25, -0.2) is 14.8 Å². The number of nitrogens with one attached hydrogen (secondary N) is 1. The number of hydrogen-bond donors (Lipinski definition) is 2. The SMILES string of the molecule is C=CCCNc1nc(C)cc(C(=O)O)n1. The van der Waals surface area contributed by atoms with Gasteiger partial charge in [-0.1, -0.05) is 6.08 Å². The van der Waals surface area contributed by atoms with Crippen LogP contribution in [0.15, 0.2) is 18.7 Å². The maximum atomic E-state index is 10.7. The lowest BCUT2D eigenvalue weighted by molar-refractivity contribution is 0.0690. The van der Waals surface area contributed by atoms with Gasteiger partial charge in [0.15, 0.2) is 5.69 Å². The lowest BCUT2D eigenvalue weighted by Crippen LogP contribution is -2.09. The Morgan fingerprint density at radius 1 is 1.67 bits per heavy atom. The molecule has 1 rings (SSSR count). The summed E-state index contributed by atoms with van der Waals surface area (Å²) in [5.41, 5.74) is 0.632. The highest BCUT2D eigenvalue weighted by molar-refractivity contribution is 5.85. The largest absolute Gasteiger partial charge is 0.477 e. The number of aromatic carboxylic acids is 1. The van der Waals surface area contributed by atoms with Crippen LogP contribution in [0.4, 0.5) is 5.95 Å². The third kappa shape index (κ3) is 3.38. The first kappa shape index (κ1) is 11.2. The van der Waals surface area contributed by atoms with E-state index in [4.69, 9.17) is 5.11 Å². The molecule has 0 saturated heterocycles. The highest BCUT2D eigenvalue weighted by atomic mass is 16.4. The zero-order valence-electron chi connectivity index (χ0n) is 8.53. The van der Waals surface area contributed by atoms with Crippen molar-refractivity contribution in [2.75, 3.05) is 11.9 Å². The van der Waals surface area contributed by atoms with Gasteiger partial charge in [0, 0.05) is 12.2 Å². The molecule has 0 atom stereocenters. The van der Waals surface area contributed by atoms with E-state index < -0.39 is 5.97 Å². The van der Waals surface area contributed by atoms with Crippen molar-refractivity contribution in [1.82, 2.24) is 9.97 Å². The van der Waals surface area contributed by atoms with E-state index in [1.54, 1.807) is 13.0 Å². The second-order valence-corrected chi connectivity index (χ2v) is 3.03. The Hall–Kier alpha value is -1.91. The zero-order chi connectivity index (χ0) is 11.3. The fourth-order valence-electron chi connectivity index (χ4n) is 1.04. The summed E-state index contributed by atoms with van der Waals surface area (Å²) in [5, 5.41) is 11.7. The van der Waals surface area contributed by atoms with Gasteiger partial charge in [-0.05, 0) is 19.4 Å². The molecule has 0 aromatic carbocycles. The van der Waals surface area contributed by atoms with E-state index in [0.29, 0.717) is 18.2 Å². The zero-order valence-corrected chi connectivity index (χ0v) is 8.53. The van der Waals surface area contributed by atoms with Gasteiger partial charge >= 0.3 is 5.97 Å². The van der Waals surface area contributed by atoms with Gasteiger partial charge < -0.3 is 10.4 Å². The molecule has 5 heteroatoms. The van der Waals surface area contributed by atoms with Crippen LogP contribution in [0.25, 0.3) is 0 Å². The number of carboxylic acid groups (broad SMARTS) is 1. The Kier molecular flexibility index (Phi) is 3.79. The van der Waals surface area contributed by atoms with E-state index >= 15 is 0 Å². The Bertz CT molecular complexity index is 377. The molecule has 0 bridgehead atoms. The first-order valence-corrected chi connectivity index (χ1v) is 4.57. The van der Waals surface area contributed by atoms with Crippen LogP contribution >= 0.6 is 0 Å². The van der Waals surface area contributed by atoms with Crippen LogP contribution in [-0.2, 0) is 0 Å². The second-order valence-electron chi connectivity index (χ2n) is 3.03. The van der Waals surface area contributed by atoms with E-state index in [1.807, 2.05) is 0 Å². The maximum Gasteiger partial charge on any atom is 0.354 e. The van der Waals surface area contributed by atoms with E-state index in [9.17, 15) is 4.79 Å². The minimum atomic E-state index is -1.05. The van der Waals surface area contributed by atoms with Gasteiger partial charge in [0.25, 0.3) is 0 Å². The van der Waals surface area contributed by atoms with E-state index in [-0.39, 0.29) is 5.69 Å². The molecule has 0 amide bonds. The van der Waals surface area contributed by atoms with Crippen LogP contribution in [0.5, 0.6) is 0 Å². The lowest BCUT2D eigenvalue weighted by atomic mass is 10.3. The Balaban J connectivity index is 2.79. The van der Waals surface area contributed by atoms with Gasteiger partial charge in [-0.15, -0.1) is 6.58 Å². The molecular formula is C10H13N3O2. The average Bonchev–Trinajstić information content (AvgIpc) is 2.17. The summed E-state index contributed by atoms with van der Waals surface area (Å²) in [6, 6.07) is 1.43. The fraction of sp³-hybridized carbons (Fsp3) is 0.300. The number of anilines is 1. The molecule has 1 aromatic rings. The topological polar surface area (TPSA) is 75.1 Å². The Morgan fingerprint density at radius 2 is 2.40 bits per heavy atom. The van der Waals surface area contributed by atoms with Crippen LogP contribution in [0.2, 0.25) is 0 Å². The molecule has 0 fully saturated rings. The highest BCUT2D eigenvalue weighted by Crippen LogP contribution is 2.04. The van der Waals surface area contributed by atoms with Crippen LogP contribution in [0, 0.1) is 6.92 Å². The molecule has 0 aliphatic rings. The van der Waals surface area contributed by atoms with Gasteiger partial charge in [-0.3, -0.25) is 0 Å². The summed E-state index contributed by atoms with van der Waals surface area (Å²) in [6.07, 6.45) is 2.54. The molecule has 0 radical (unpaired) electrons. The second kappa shape index (κ2) is 5.09. The third-order valence-electron chi connectivity index (χ3n) is 1.70. The molecule has 0 saturated carbocycles. The summed E-state index contributed by atoms with van der Waals surface area (Å²) in [7, 11) is 0. The highest BCUT2D eigenvalue weighted by Gasteiger charge is 2.07. The first-order chi connectivity index (χ1) is 7.13. The van der Waals surface area contributed by atoms with Crippen molar-refractivity contribution in [2.45, 2.75) is 13.3 Å². The summed E-state index contributed by atoms with van der Waals surface area (Å²) >= 11 is 0. The molecule has 5 nitrogen and oxygen atoms in total. The summed E-state index contributed by atoms with van der Waals surface area (Å²) in [5.74, 6) is -0.707. The summed E-state index contributed by atoms with van der Waals surface area (Å²) < 4.78 is 0. The maximum absolute atomic E-state index is 10.7. The van der Waals surface area contributed by atoms with Crippen LogP contribution in [0.3, 0.4) is 0 Å². The lowest BCUT2D eigenvalue weighted by Gasteiger charge is -2.04. The predicted molar refractivity (Wildman–Crippen MR) is 57.0 cm³/mol. The number of rotatable bonds is 5. The Labute approximate surface area is 87.9 Å². The number of carbonyl (C=O) groups is 1. The quantitative estimate of drug-likeness (QED) is 0.565. The molecule has 1 aromatic heterocycles. The number of aryl methyl sites for hydroxylation is 1. The molecule has 2 N–H and O–H groups in total. The molecule has 0 unspecified atom stereocenters. The van der Waals surface area contributed by atoms with Crippen molar-refractivity contribution in [3.8, 4) is 0 Å². The van der Waals surface area contributed by atoms with Crippen molar-refractivity contribution in [3.05, 3.63) is 30.1 Å². The molecular weight excluding hydrogens is 194 g/mol. The summed E-state index contributed by atoms with van der Waals surface area (Å²) in [6.45, 7) is 5.95. The van der Waals surface area contributed by atoms with Crippen molar-refractivity contribution < 1.29 is 9.90 Å². The fourth-order valence-corrected chi connectivity index (χ4v) is 1.04. The molecule has 0 aliphatic carbocycles. The molecule has 0 spiro atoms. The van der Waals surface area contributed by atoms with Crippen molar-refractivity contribution in [3.63, 3.8) is 0 Å². The van der Waals surface area contributed by atoms with Crippen molar-refractivity contribution in [2.24, 2.45) is 0 Å².